The number of rotatable bonds is 9. The van der Waals surface area contributed by atoms with Crippen molar-refractivity contribution >= 4 is 29.4 Å². The Morgan fingerprint density at radius 1 is 1.18 bits per heavy atom. The highest BCUT2D eigenvalue weighted by Crippen LogP contribution is 2.37. The molecule has 11 heteroatoms. The van der Waals surface area contributed by atoms with E-state index in [9.17, 15) is 14.9 Å². The van der Waals surface area contributed by atoms with Crippen molar-refractivity contribution in [1.82, 2.24) is 14.8 Å². The molecule has 1 aromatic heterocycles. The number of esters is 1. The molecule has 0 saturated carbocycles. The first kappa shape index (κ1) is 23.5. The van der Waals surface area contributed by atoms with Gasteiger partial charge in [0.15, 0.2) is 0 Å². The van der Waals surface area contributed by atoms with Crippen molar-refractivity contribution < 1.29 is 19.2 Å². The van der Waals surface area contributed by atoms with Crippen LogP contribution in [-0.4, -0.2) is 46.0 Å². The maximum atomic E-state index is 13.0. The largest absolute Gasteiger partial charge is 0.460 e. The molecule has 0 saturated heterocycles. The highest BCUT2D eigenvalue weighted by atomic mass is 32.2. The molecule has 0 bridgehead atoms. The van der Waals surface area contributed by atoms with Gasteiger partial charge in [-0.05, 0) is 30.2 Å². The second kappa shape index (κ2) is 10.5. The first-order valence-corrected chi connectivity index (χ1v) is 11.5. The molecule has 1 N–H and O–H groups in total. The van der Waals surface area contributed by atoms with E-state index in [1.165, 1.54) is 31.0 Å². The molecule has 3 aromatic rings. The van der Waals surface area contributed by atoms with E-state index in [-0.39, 0.29) is 18.9 Å². The summed E-state index contributed by atoms with van der Waals surface area (Å²) in [7, 11) is 1.52. The minimum absolute atomic E-state index is 0.0412. The molecule has 1 aliphatic heterocycles. The molecule has 4 rings (SSSR count). The van der Waals surface area contributed by atoms with E-state index in [0.717, 1.165) is 5.56 Å². The predicted octanol–water partition coefficient (Wildman–Crippen LogP) is 3.96. The second-order valence-electron chi connectivity index (χ2n) is 7.48. The van der Waals surface area contributed by atoms with Crippen LogP contribution in [0.2, 0.25) is 0 Å². The van der Waals surface area contributed by atoms with Gasteiger partial charge in [-0.3, -0.25) is 10.1 Å². The number of nitrogens with one attached hydrogen (secondary N) is 1. The van der Waals surface area contributed by atoms with Gasteiger partial charge in [0, 0.05) is 30.7 Å². The fraction of sp³-hybridized carbons (Fsp3) is 0.261. The molecule has 176 valence electrons. The van der Waals surface area contributed by atoms with Crippen LogP contribution in [0.1, 0.15) is 24.1 Å². The van der Waals surface area contributed by atoms with E-state index in [4.69, 9.17) is 9.47 Å². The lowest BCUT2D eigenvalue weighted by Crippen LogP contribution is -2.30. The van der Waals surface area contributed by atoms with Crippen LogP contribution in [0.3, 0.4) is 0 Å². The van der Waals surface area contributed by atoms with Gasteiger partial charge >= 0.3 is 5.97 Å². The van der Waals surface area contributed by atoms with Gasteiger partial charge in [-0.1, -0.05) is 42.1 Å². The third-order valence-corrected chi connectivity index (χ3v) is 6.11. The summed E-state index contributed by atoms with van der Waals surface area (Å²) >= 11 is 1.47. The minimum atomic E-state index is -0.661. The summed E-state index contributed by atoms with van der Waals surface area (Å²) in [5.74, 6) is 0.639. The highest BCUT2D eigenvalue weighted by Gasteiger charge is 2.35. The summed E-state index contributed by atoms with van der Waals surface area (Å²) in [5, 5.41) is 19.5. The molecule has 0 fully saturated rings. The van der Waals surface area contributed by atoms with Crippen molar-refractivity contribution in [3.05, 3.63) is 87.1 Å². The third-order valence-electron chi connectivity index (χ3n) is 5.20. The smallest absolute Gasteiger partial charge is 0.338 e. The average Bonchev–Trinajstić information content (AvgIpc) is 3.25. The van der Waals surface area contributed by atoms with Crippen LogP contribution in [0, 0.1) is 10.1 Å². The molecule has 1 atom stereocenters. The van der Waals surface area contributed by atoms with Gasteiger partial charge in [0.1, 0.15) is 12.6 Å². The number of nitro benzene ring substituents is 1. The fourth-order valence-electron chi connectivity index (χ4n) is 3.56. The molecule has 0 aliphatic carbocycles. The molecule has 0 unspecified atom stereocenters. The lowest BCUT2D eigenvalue weighted by molar-refractivity contribution is -0.384. The molecule has 34 heavy (non-hydrogen) atoms. The van der Waals surface area contributed by atoms with E-state index in [2.05, 4.69) is 15.4 Å². The predicted molar refractivity (Wildman–Crippen MR) is 126 cm³/mol. The van der Waals surface area contributed by atoms with Crippen molar-refractivity contribution in [2.24, 2.45) is 0 Å². The Morgan fingerprint density at radius 3 is 2.59 bits per heavy atom. The Kier molecular flexibility index (Phi) is 7.24. The van der Waals surface area contributed by atoms with Crippen molar-refractivity contribution in [2.75, 3.05) is 25.6 Å². The summed E-state index contributed by atoms with van der Waals surface area (Å²) < 4.78 is 12.0. The molecule has 10 nitrogen and oxygen atoms in total. The van der Waals surface area contributed by atoms with Gasteiger partial charge in [-0.25, -0.2) is 9.48 Å². The van der Waals surface area contributed by atoms with Crippen molar-refractivity contribution in [1.29, 1.82) is 0 Å². The summed E-state index contributed by atoms with van der Waals surface area (Å²) in [6.45, 7) is 2.13. The number of methoxy groups -OCH3 is 1. The number of nitro groups is 1. The molecule has 2 heterocycles. The summed E-state index contributed by atoms with van der Waals surface area (Å²) in [6, 6.07) is 15.3. The van der Waals surface area contributed by atoms with Crippen LogP contribution in [0.15, 0.2) is 71.0 Å². The van der Waals surface area contributed by atoms with Gasteiger partial charge < -0.3 is 14.8 Å². The molecular weight excluding hydrogens is 458 g/mol. The summed E-state index contributed by atoms with van der Waals surface area (Å²) in [5.41, 5.74) is 2.67. The van der Waals surface area contributed by atoms with E-state index in [1.54, 1.807) is 23.7 Å². The number of ether oxygens (including phenoxy) is 2. The monoisotopic (exact) mass is 481 g/mol. The maximum Gasteiger partial charge on any atom is 0.338 e. The Morgan fingerprint density at radius 2 is 1.91 bits per heavy atom. The molecule has 0 amide bonds. The number of allylic oxidation sites excluding steroid dienone is 1. The SMILES string of the molecule is COCCOC(=O)C1=C(C)Nc2nc(SCc3ccccc3)nn2[C@H]1c1ccc([N+](=O)[O-])cc1. The van der Waals surface area contributed by atoms with E-state index in [1.807, 2.05) is 30.3 Å². The number of hydrogen-bond acceptors (Lipinski definition) is 9. The Bertz CT molecular complexity index is 1210. The van der Waals surface area contributed by atoms with E-state index < -0.39 is 16.9 Å². The fourth-order valence-corrected chi connectivity index (χ4v) is 4.35. The van der Waals surface area contributed by atoms with Crippen molar-refractivity contribution in [3.63, 3.8) is 0 Å². The Balaban J connectivity index is 1.68. The number of hydrogen-bond donors (Lipinski definition) is 1. The number of anilines is 1. The minimum Gasteiger partial charge on any atom is -0.460 e. The number of aromatic nitrogens is 3. The zero-order valence-electron chi connectivity index (χ0n) is 18.6. The number of thioether (sulfide) groups is 1. The first-order valence-electron chi connectivity index (χ1n) is 10.5. The highest BCUT2D eigenvalue weighted by molar-refractivity contribution is 7.98. The number of carbonyl (C=O) groups excluding carboxylic acids is 1. The van der Waals surface area contributed by atoms with Crippen LogP contribution in [-0.2, 0) is 20.0 Å². The topological polar surface area (TPSA) is 121 Å². The molecule has 0 radical (unpaired) electrons. The van der Waals surface area contributed by atoms with Gasteiger partial charge in [-0.2, -0.15) is 4.98 Å². The summed E-state index contributed by atoms with van der Waals surface area (Å²) in [4.78, 5) is 28.3. The Hall–Kier alpha value is -3.70. The number of carbonyl (C=O) groups is 1. The lowest BCUT2D eigenvalue weighted by Gasteiger charge is -2.28. The third kappa shape index (κ3) is 5.10. The summed E-state index contributed by atoms with van der Waals surface area (Å²) in [6.07, 6.45) is 0. The number of fused-ring (bicyclic) bond motifs is 1. The van der Waals surface area contributed by atoms with Gasteiger partial charge in [-0.15, -0.1) is 5.10 Å². The zero-order chi connectivity index (χ0) is 24.1. The molecule has 2 aromatic carbocycles. The number of non-ortho nitro benzene ring substituents is 1. The van der Waals surface area contributed by atoms with Crippen LogP contribution in [0.5, 0.6) is 0 Å². The van der Waals surface area contributed by atoms with Gasteiger partial charge in [0.25, 0.3) is 5.69 Å². The van der Waals surface area contributed by atoms with Crippen molar-refractivity contribution in [3.8, 4) is 0 Å². The average molecular weight is 482 g/mol. The first-order chi connectivity index (χ1) is 16.5. The van der Waals surface area contributed by atoms with Crippen LogP contribution >= 0.6 is 11.8 Å². The van der Waals surface area contributed by atoms with E-state index >= 15 is 0 Å². The Labute approximate surface area is 200 Å². The van der Waals surface area contributed by atoms with Crippen LogP contribution in [0.4, 0.5) is 11.6 Å². The standard InChI is InChI=1S/C23H23N5O5S/c1-15-19(21(29)33-13-12-32-2)20(17-8-10-18(11-9-17)28(30)31)27-22(24-15)25-23(26-27)34-14-16-6-4-3-5-7-16/h3-11,20H,12-14H2,1-2H3,(H,24,25,26)/t20-/m0/s1. The molecule has 1 aliphatic rings. The van der Waals surface area contributed by atoms with Crippen LogP contribution < -0.4 is 5.32 Å². The van der Waals surface area contributed by atoms with E-state index in [0.29, 0.717) is 33.7 Å². The normalized spacial score (nSPS) is 14.9. The number of nitrogens with zero attached hydrogens (tertiary/aromatic N) is 4. The molecule has 0 spiro atoms. The van der Waals surface area contributed by atoms with Crippen molar-refractivity contribution in [2.45, 2.75) is 23.9 Å². The maximum absolute atomic E-state index is 13.0. The van der Waals surface area contributed by atoms with Crippen LogP contribution in [0.25, 0.3) is 0 Å². The molecular formula is C23H23N5O5S. The number of benzene rings is 2. The second-order valence-corrected chi connectivity index (χ2v) is 8.42. The van der Waals surface area contributed by atoms with Gasteiger partial charge in [0.05, 0.1) is 17.1 Å². The quantitative estimate of drug-likeness (QED) is 0.159. The lowest BCUT2D eigenvalue weighted by atomic mass is 9.95. The zero-order valence-corrected chi connectivity index (χ0v) is 19.4. The van der Waals surface area contributed by atoms with Gasteiger partial charge in [0.2, 0.25) is 11.1 Å².